The minimum Gasteiger partial charge on any atom is -0.361 e. The normalized spacial score (nSPS) is 26.4. The smallest absolute Gasteiger partial charge is 0.294 e. The van der Waals surface area contributed by atoms with Crippen LogP contribution in [0.15, 0.2) is 18.2 Å². The van der Waals surface area contributed by atoms with Gasteiger partial charge in [-0.15, -0.1) is 0 Å². The lowest BCUT2D eigenvalue weighted by molar-refractivity contribution is -0.384. The van der Waals surface area contributed by atoms with Crippen molar-refractivity contribution in [3.63, 3.8) is 0 Å². The Bertz CT molecular complexity index is 494. The highest BCUT2D eigenvalue weighted by Crippen LogP contribution is 2.38. The summed E-state index contributed by atoms with van der Waals surface area (Å²) < 4.78 is 0. The molecule has 0 saturated carbocycles. The largest absolute Gasteiger partial charge is 0.361 e. The maximum atomic E-state index is 11.1. The predicted molar refractivity (Wildman–Crippen MR) is 70.2 cm³/mol. The van der Waals surface area contributed by atoms with Crippen LogP contribution >= 0.6 is 11.6 Å². The molecule has 0 unspecified atom stereocenters. The van der Waals surface area contributed by atoms with Crippen LogP contribution in [0.1, 0.15) is 6.42 Å². The van der Waals surface area contributed by atoms with E-state index in [2.05, 4.69) is 10.2 Å². The fraction of sp³-hybridized carbons (Fsp3) is 0.500. The minimum atomic E-state index is -0.350. The van der Waals surface area contributed by atoms with E-state index in [0.717, 1.165) is 26.1 Å². The number of nitrogens with zero attached hydrogens (tertiary/aromatic N) is 2. The summed E-state index contributed by atoms with van der Waals surface area (Å²) in [7, 11) is 0. The van der Waals surface area contributed by atoms with Crippen LogP contribution in [0, 0.1) is 16.0 Å². The van der Waals surface area contributed by atoms with E-state index in [1.54, 1.807) is 12.1 Å². The maximum absolute atomic E-state index is 11.1. The van der Waals surface area contributed by atoms with Crippen LogP contribution in [-0.4, -0.2) is 30.6 Å². The van der Waals surface area contributed by atoms with Gasteiger partial charge in [0.25, 0.3) is 5.69 Å². The Morgan fingerprint density at radius 2 is 2.28 bits per heavy atom. The fourth-order valence-corrected chi connectivity index (χ4v) is 3.20. The first-order chi connectivity index (χ1) is 8.66. The van der Waals surface area contributed by atoms with Crippen molar-refractivity contribution in [1.29, 1.82) is 0 Å². The first-order valence-corrected chi connectivity index (χ1v) is 6.46. The van der Waals surface area contributed by atoms with Crippen molar-refractivity contribution >= 4 is 23.0 Å². The number of nitro benzene ring substituents is 1. The highest BCUT2D eigenvalue weighted by Gasteiger charge is 2.39. The van der Waals surface area contributed by atoms with E-state index in [9.17, 15) is 10.1 Å². The van der Waals surface area contributed by atoms with Crippen LogP contribution in [0.2, 0.25) is 5.02 Å². The highest BCUT2D eigenvalue weighted by molar-refractivity contribution is 6.30. The van der Waals surface area contributed by atoms with Crippen LogP contribution < -0.4 is 10.2 Å². The second kappa shape index (κ2) is 4.40. The van der Waals surface area contributed by atoms with E-state index in [1.165, 1.54) is 6.07 Å². The number of halogens is 1. The summed E-state index contributed by atoms with van der Waals surface area (Å²) in [4.78, 5) is 12.9. The molecular formula is C12H14ClN3O2. The summed E-state index contributed by atoms with van der Waals surface area (Å²) >= 11 is 5.84. The summed E-state index contributed by atoms with van der Waals surface area (Å²) in [6, 6.07) is 5.30. The molecule has 3 rings (SSSR count). The monoisotopic (exact) mass is 267 g/mol. The van der Waals surface area contributed by atoms with Crippen molar-refractivity contribution < 1.29 is 4.92 Å². The molecule has 0 bridgehead atoms. The summed E-state index contributed by atoms with van der Waals surface area (Å²) in [5, 5.41) is 14.9. The summed E-state index contributed by atoms with van der Waals surface area (Å²) in [5.41, 5.74) is 0.802. The second-order valence-electron chi connectivity index (χ2n) is 4.86. The molecule has 2 aliphatic heterocycles. The molecule has 0 aromatic heterocycles. The van der Waals surface area contributed by atoms with E-state index in [4.69, 9.17) is 11.6 Å². The zero-order chi connectivity index (χ0) is 12.7. The topological polar surface area (TPSA) is 58.4 Å². The molecule has 2 aliphatic rings. The van der Waals surface area contributed by atoms with Crippen molar-refractivity contribution in [3.8, 4) is 0 Å². The Hall–Kier alpha value is -1.33. The number of hydrogen-bond donors (Lipinski definition) is 1. The first-order valence-electron chi connectivity index (χ1n) is 6.08. The molecule has 18 heavy (non-hydrogen) atoms. The number of nitro groups is 1. The summed E-state index contributed by atoms with van der Waals surface area (Å²) in [6.45, 7) is 2.81. The molecular weight excluding hydrogens is 254 g/mol. The van der Waals surface area contributed by atoms with E-state index in [0.29, 0.717) is 22.7 Å². The Kier molecular flexibility index (Phi) is 2.87. The third-order valence-electron chi connectivity index (χ3n) is 3.89. The Labute approximate surface area is 110 Å². The quantitative estimate of drug-likeness (QED) is 0.658. The Morgan fingerprint density at radius 3 is 3.06 bits per heavy atom. The van der Waals surface area contributed by atoms with Crippen molar-refractivity contribution in [2.24, 2.45) is 5.92 Å². The van der Waals surface area contributed by atoms with E-state index < -0.39 is 0 Å². The van der Waals surface area contributed by atoms with Crippen molar-refractivity contribution in [1.82, 2.24) is 5.32 Å². The number of hydrogen-bond acceptors (Lipinski definition) is 4. The van der Waals surface area contributed by atoms with Gasteiger partial charge in [-0.3, -0.25) is 10.1 Å². The van der Waals surface area contributed by atoms with Gasteiger partial charge in [0.05, 0.1) is 4.92 Å². The molecule has 1 aromatic rings. The summed E-state index contributed by atoms with van der Waals surface area (Å²) in [5.74, 6) is 0.611. The maximum Gasteiger partial charge on any atom is 0.294 e. The average Bonchev–Trinajstić information content (AvgIpc) is 2.91. The molecule has 6 heteroatoms. The van der Waals surface area contributed by atoms with Crippen molar-refractivity contribution in [3.05, 3.63) is 33.3 Å². The van der Waals surface area contributed by atoms with Gasteiger partial charge in [0.1, 0.15) is 5.69 Å². The third kappa shape index (κ3) is 1.83. The molecule has 0 radical (unpaired) electrons. The second-order valence-corrected chi connectivity index (χ2v) is 5.29. The highest BCUT2D eigenvalue weighted by atomic mass is 35.5. The third-order valence-corrected chi connectivity index (χ3v) is 4.12. The first kappa shape index (κ1) is 11.7. The van der Waals surface area contributed by atoms with E-state index >= 15 is 0 Å². The van der Waals surface area contributed by atoms with Gasteiger partial charge in [0, 0.05) is 36.8 Å². The molecule has 1 aromatic carbocycles. The molecule has 2 heterocycles. The number of nitrogens with one attached hydrogen (secondary N) is 1. The molecule has 96 valence electrons. The van der Waals surface area contributed by atoms with Crippen molar-refractivity contribution in [2.45, 2.75) is 12.5 Å². The number of rotatable bonds is 2. The average molecular weight is 268 g/mol. The molecule has 2 atom stereocenters. The molecule has 2 saturated heterocycles. The zero-order valence-corrected chi connectivity index (χ0v) is 10.6. The molecule has 0 aliphatic carbocycles. The van der Waals surface area contributed by atoms with Gasteiger partial charge in [0.15, 0.2) is 0 Å². The Morgan fingerprint density at radius 1 is 1.44 bits per heavy atom. The van der Waals surface area contributed by atoms with Crippen LogP contribution in [-0.2, 0) is 0 Å². The Balaban J connectivity index is 1.99. The lowest BCUT2D eigenvalue weighted by Gasteiger charge is -2.25. The molecule has 0 spiro atoms. The number of benzene rings is 1. The molecule has 2 fully saturated rings. The lowest BCUT2D eigenvalue weighted by Crippen LogP contribution is -2.34. The number of anilines is 1. The summed E-state index contributed by atoms with van der Waals surface area (Å²) in [6.07, 6.45) is 1.09. The molecule has 5 nitrogen and oxygen atoms in total. The zero-order valence-electron chi connectivity index (χ0n) is 9.80. The van der Waals surface area contributed by atoms with Gasteiger partial charge >= 0.3 is 0 Å². The van der Waals surface area contributed by atoms with Crippen LogP contribution in [0.3, 0.4) is 0 Å². The lowest BCUT2D eigenvalue weighted by atomic mass is 10.0. The van der Waals surface area contributed by atoms with Gasteiger partial charge in [-0.1, -0.05) is 11.6 Å². The van der Waals surface area contributed by atoms with Crippen LogP contribution in [0.5, 0.6) is 0 Å². The van der Waals surface area contributed by atoms with Gasteiger partial charge in [0.2, 0.25) is 0 Å². The SMILES string of the molecule is O=[N+]([O-])c1cc(Cl)ccc1N1CC[C@H]2CNC[C@H]21. The van der Waals surface area contributed by atoms with E-state index in [-0.39, 0.29) is 10.6 Å². The standard InChI is InChI=1S/C12H14ClN3O2/c13-9-1-2-10(11(5-9)16(17)18)15-4-3-8-6-14-7-12(8)15/h1-2,5,8,12,14H,3-4,6-7H2/t8-,12+/m0/s1. The van der Waals surface area contributed by atoms with Crippen LogP contribution in [0.25, 0.3) is 0 Å². The van der Waals surface area contributed by atoms with Gasteiger partial charge < -0.3 is 10.2 Å². The van der Waals surface area contributed by atoms with E-state index in [1.807, 2.05) is 0 Å². The molecule has 0 amide bonds. The van der Waals surface area contributed by atoms with Gasteiger partial charge in [-0.25, -0.2) is 0 Å². The van der Waals surface area contributed by atoms with Crippen molar-refractivity contribution in [2.75, 3.05) is 24.5 Å². The molecule has 1 N–H and O–H groups in total. The predicted octanol–water partition coefficient (Wildman–Crippen LogP) is 2.05. The van der Waals surface area contributed by atoms with Gasteiger partial charge in [-0.2, -0.15) is 0 Å². The number of fused-ring (bicyclic) bond motifs is 1. The van der Waals surface area contributed by atoms with Gasteiger partial charge in [-0.05, 0) is 24.5 Å². The van der Waals surface area contributed by atoms with Crippen LogP contribution in [0.4, 0.5) is 11.4 Å². The fourth-order valence-electron chi connectivity index (χ4n) is 3.03. The minimum absolute atomic E-state index is 0.107.